The van der Waals surface area contributed by atoms with Crippen molar-refractivity contribution in [2.24, 2.45) is 12.0 Å². The van der Waals surface area contributed by atoms with Gasteiger partial charge in [0, 0.05) is 25.8 Å². The molecule has 0 fully saturated rings. The Morgan fingerprint density at radius 1 is 1.33 bits per heavy atom. The predicted octanol–water partition coefficient (Wildman–Crippen LogP) is 1.64. The van der Waals surface area contributed by atoms with Crippen LogP contribution in [0.1, 0.15) is 35.6 Å². The van der Waals surface area contributed by atoms with Gasteiger partial charge in [-0.25, -0.2) is 0 Å². The average Bonchev–Trinajstić information content (AvgIpc) is 3.02. The van der Waals surface area contributed by atoms with Gasteiger partial charge >= 0.3 is 0 Å². The van der Waals surface area contributed by atoms with Crippen molar-refractivity contribution in [3.63, 3.8) is 0 Å². The van der Waals surface area contributed by atoms with E-state index >= 15 is 0 Å². The number of aliphatic imine (C=N–C) groups is 1. The monoisotopic (exact) mass is 447 g/mol. The van der Waals surface area contributed by atoms with Crippen molar-refractivity contribution in [3.8, 4) is 0 Å². The molecule has 0 radical (unpaired) electrons. The third-order valence-electron chi connectivity index (χ3n) is 3.75. The first kappa shape index (κ1) is 20.4. The second kappa shape index (κ2) is 9.00. The van der Waals surface area contributed by atoms with Gasteiger partial charge in [-0.3, -0.25) is 9.67 Å². The van der Waals surface area contributed by atoms with E-state index < -0.39 is 0 Å². The Morgan fingerprint density at radius 2 is 2.04 bits per heavy atom. The Hall–Kier alpha value is -1.65. The molecule has 0 aliphatic carbocycles. The summed E-state index contributed by atoms with van der Waals surface area (Å²) < 4.78 is 7.00. The smallest absolute Gasteiger partial charge is 0.246 e. The van der Waals surface area contributed by atoms with Crippen LogP contribution in [0.2, 0.25) is 0 Å². The number of rotatable bonds is 5. The lowest BCUT2D eigenvalue weighted by atomic mass is 10.1. The van der Waals surface area contributed by atoms with Crippen molar-refractivity contribution in [2.75, 3.05) is 7.05 Å². The van der Waals surface area contributed by atoms with Crippen LogP contribution in [0.15, 0.2) is 9.52 Å². The van der Waals surface area contributed by atoms with Crippen LogP contribution in [-0.2, 0) is 20.0 Å². The van der Waals surface area contributed by atoms with E-state index in [9.17, 15) is 0 Å². The number of hydrogen-bond donors (Lipinski definition) is 2. The Morgan fingerprint density at radius 3 is 2.54 bits per heavy atom. The van der Waals surface area contributed by atoms with Gasteiger partial charge < -0.3 is 15.2 Å². The lowest BCUT2D eigenvalue weighted by Crippen LogP contribution is -2.42. The number of halogens is 1. The molecule has 0 bridgehead atoms. The molecule has 0 aromatic carbocycles. The van der Waals surface area contributed by atoms with Crippen LogP contribution >= 0.6 is 24.0 Å². The number of guanidine groups is 1. The minimum Gasteiger partial charge on any atom is -0.354 e. The molecule has 2 aromatic heterocycles. The lowest BCUT2D eigenvalue weighted by molar-refractivity contribution is 0.371. The molecule has 8 nitrogen and oxygen atoms in total. The topological polar surface area (TPSA) is 93.2 Å². The summed E-state index contributed by atoms with van der Waals surface area (Å²) in [6.07, 6.45) is 0.881. The Labute approximate surface area is 159 Å². The highest BCUT2D eigenvalue weighted by atomic mass is 127. The molecule has 2 rings (SSSR count). The molecule has 134 valence electrons. The van der Waals surface area contributed by atoms with E-state index in [0.717, 1.165) is 12.1 Å². The number of nitrogens with zero attached hydrogens (tertiary/aromatic N) is 5. The summed E-state index contributed by atoms with van der Waals surface area (Å²) in [4.78, 5) is 8.38. The highest BCUT2D eigenvalue weighted by Gasteiger charge is 2.14. The van der Waals surface area contributed by atoms with Crippen LogP contribution < -0.4 is 10.6 Å². The quantitative estimate of drug-likeness (QED) is 0.412. The fourth-order valence-electron chi connectivity index (χ4n) is 2.47. The van der Waals surface area contributed by atoms with Crippen molar-refractivity contribution < 1.29 is 4.52 Å². The maximum Gasteiger partial charge on any atom is 0.246 e. The highest BCUT2D eigenvalue weighted by molar-refractivity contribution is 14.0. The average molecular weight is 447 g/mol. The first-order chi connectivity index (χ1) is 10.9. The predicted molar refractivity (Wildman–Crippen MR) is 104 cm³/mol. The summed E-state index contributed by atoms with van der Waals surface area (Å²) in [6, 6.07) is 0.215. The minimum absolute atomic E-state index is 0. The van der Waals surface area contributed by atoms with Gasteiger partial charge in [-0.05, 0) is 39.7 Å². The number of aryl methyl sites for hydroxylation is 3. The molecular formula is C15H26IN7O. The molecule has 0 saturated heterocycles. The van der Waals surface area contributed by atoms with E-state index in [-0.39, 0.29) is 30.0 Å². The molecular weight excluding hydrogens is 421 g/mol. The summed E-state index contributed by atoms with van der Waals surface area (Å²) in [5, 5.41) is 14.8. The van der Waals surface area contributed by atoms with Crippen molar-refractivity contribution in [2.45, 2.75) is 46.7 Å². The van der Waals surface area contributed by atoms with E-state index in [1.165, 1.54) is 11.3 Å². The third-order valence-corrected chi connectivity index (χ3v) is 3.75. The molecule has 2 N–H and O–H groups in total. The second-order valence-corrected chi connectivity index (χ2v) is 5.68. The third kappa shape index (κ3) is 5.18. The summed E-state index contributed by atoms with van der Waals surface area (Å²) in [5.41, 5.74) is 3.54. The van der Waals surface area contributed by atoms with E-state index in [2.05, 4.69) is 44.7 Å². The summed E-state index contributed by atoms with van der Waals surface area (Å²) >= 11 is 0. The lowest BCUT2D eigenvalue weighted by Gasteiger charge is -2.17. The zero-order chi connectivity index (χ0) is 17.0. The summed E-state index contributed by atoms with van der Waals surface area (Å²) in [7, 11) is 3.71. The summed E-state index contributed by atoms with van der Waals surface area (Å²) in [5.74, 6) is 1.87. The largest absolute Gasteiger partial charge is 0.354 e. The van der Waals surface area contributed by atoms with Crippen LogP contribution in [0.5, 0.6) is 0 Å². The Balaban J connectivity index is 0.00000288. The fourth-order valence-corrected chi connectivity index (χ4v) is 2.47. The fraction of sp³-hybridized carbons (Fsp3) is 0.600. The maximum atomic E-state index is 5.08. The molecule has 9 heteroatoms. The standard InChI is InChI=1S/C15H25N7O.HI/c1-9(7-13-10(2)20-22(6)11(13)3)18-15(16-5)17-8-14-19-12(4)21-23-14;/h9H,7-8H2,1-6H3,(H2,16,17,18);1H. The van der Waals surface area contributed by atoms with Gasteiger partial charge in [-0.15, -0.1) is 24.0 Å². The molecule has 1 atom stereocenters. The SMILES string of the molecule is CN=C(NCc1nc(C)no1)NC(C)Cc1c(C)nn(C)c1C.I. The Kier molecular flexibility index (Phi) is 7.64. The highest BCUT2D eigenvalue weighted by Crippen LogP contribution is 2.14. The van der Waals surface area contributed by atoms with Crippen LogP contribution in [0.25, 0.3) is 0 Å². The van der Waals surface area contributed by atoms with Crippen LogP contribution in [0.3, 0.4) is 0 Å². The molecule has 0 aliphatic rings. The zero-order valence-electron chi connectivity index (χ0n) is 15.0. The number of nitrogens with one attached hydrogen (secondary N) is 2. The molecule has 2 aromatic rings. The van der Waals surface area contributed by atoms with Crippen LogP contribution in [0, 0.1) is 20.8 Å². The van der Waals surface area contributed by atoms with Gasteiger partial charge in [0.1, 0.15) is 0 Å². The summed E-state index contributed by atoms with van der Waals surface area (Å²) in [6.45, 7) is 8.49. The first-order valence-corrected chi connectivity index (χ1v) is 7.66. The normalized spacial score (nSPS) is 12.7. The number of aromatic nitrogens is 4. The van der Waals surface area contributed by atoms with Gasteiger partial charge in [0.25, 0.3) is 0 Å². The molecule has 0 aliphatic heterocycles. The van der Waals surface area contributed by atoms with E-state index in [0.29, 0.717) is 24.2 Å². The van der Waals surface area contributed by atoms with Gasteiger partial charge in [-0.2, -0.15) is 10.1 Å². The van der Waals surface area contributed by atoms with Gasteiger partial charge in [0.15, 0.2) is 11.8 Å². The molecule has 0 spiro atoms. The molecule has 0 amide bonds. The van der Waals surface area contributed by atoms with E-state index in [4.69, 9.17) is 4.52 Å². The van der Waals surface area contributed by atoms with Crippen molar-refractivity contribution in [3.05, 3.63) is 28.7 Å². The van der Waals surface area contributed by atoms with Crippen molar-refractivity contribution in [1.29, 1.82) is 0 Å². The van der Waals surface area contributed by atoms with Crippen molar-refractivity contribution >= 4 is 29.9 Å². The van der Waals surface area contributed by atoms with Gasteiger partial charge in [0.2, 0.25) is 5.89 Å². The van der Waals surface area contributed by atoms with E-state index in [1.54, 1.807) is 14.0 Å². The second-order valence-electron chi connectivity index (χ2n) is 5.68. The Bertz CT molecular complexity index is 692. The van der Waals surface area contributed by atoms with Crippen LogP contribution in [-0.4, -0.2) is 39.0 Å². The molecule has 24 heavy (non-hydrogen) atoms. The van der Waals surface area contributed by atoms with E-state index in [1.807, 2.05) is 18.7 Å². The van der Waals surface area contributed by atoms with Crippen molar-refractivity contribution in [1.82, 2.24) is 30.6 Å². The maximum absolute atomic E-state index is 5.08. The van der Waals surface area contributed by atoms with Gasteiger partial charge in [-0.1, -0.05) is 5.16 Å². The molecule has 2 heterocycles. The van der Waals surface area contributed by atoms with Gasteiger partial charge in [0.05, 0.1) is 12.2 Å². The molecule has 1 unspecified atom stereocenters. The number of hydrogen-bond acceptors (Lipinski definition) is 5. The minimum atomic E-state index is 0. The first-order valence-electron chi connectivity index (χ1n) is 7.66. The molecule has 0 saturated carbocycles. The zero-order valence-corrected chi connectivity index (χ0v) is 17.4. The van der Waals surface area contributed by atoms with Crippen LogP contribution in [0.4, 0.5) is 0 Å².